The van der Waals surface area contributed by atoms with E-state index in [9.17, 15) is 4.39 Å². The maximum atomic E-state index is 13.5. The topological polar surface area (TPSA) is 59.4 Å². The molecular weight excluding hydrogens is 365 g/mol. The van der Waals surface area contributed by atoms with Crippen LogP contribution >= 0.6 is 0 Å². The first-order valence-electron chi connectivity index (χ1n) is 9.49. The summed E-state index contributed by atoms with van der Waals surface area (Å²) in [7, 11) is 0. The Labute approximate surface area is 167 Å². The van der Waals surface area contributed by atoms with Gasteiger partial charge in [0.05, 0.1) is 11.7 Å². The number of hydrogen-bond donors (Lipinski definition) is 1. The highest BCUT2D eigenvalue weighted by Crippen LogP contribution is 2.31. The molecule has 0 unspecified atom stereocenters. The van der Waals surface area contributed by atoms with Crippen LogP contribution in [0.1, 0.15) is 26.5 Å². The third-order valence-corrected chi connectivity index (χ3v) is 5.06. The Balaban J connectivity index is 1.83. The van der Waals surface area contributed by atoms with E-state index >= 15 is 0 Å². The zero-order valence-electron chi connectivity index (χ0n) is 16.4. The Morgan fingerprint density at radius 2 is 1.72 bits per heavy atom. The Morgan fingerprint density at radius 3 is 2.48 bits per heavy atom. The van der Waals surface area contributed by atoms with E-state index in [0.29, 0.717) is 0 Å². The fourth-order valence-corrected chi connectivity index (χ4v) is 3.48. The lowest BCUT2D eigenvalue weighted by atomic mass is 9.92. The summed E-state index contributed by atoms with van der Waals surface area (Å²) in [5.74, 6) is 0.450. The molecule has 3 heterocycles. The van der Waals surface area contributed by atoms with Crippen molar-refractivity contribution in [3.8, 4) is 17.1 Å². The molecule has 0 spiro atoms. The lowest BCUT2D eigenvalue weighted by molar-refractivity contribution is 0.571. The average Bonchev–Trinajstić information content (AvgIpc) is 3.31. The Morgan fingerprint density at radius 1 is 0.931 bits per heavy atom. The molecule has 0 aliphatic rings. The molecule has 0 aliphatic carbocycles. The van der Waals surface area contributed by atoms with E-state index in [2.05, 4.69) is 37.0 Å². The fraction of sp³-hybridized carbons (Fsp3) is 0.174. The number of halogens is 1. The van der Waals surface area contributed by atoms with Gasteiger partial charge in [-0.2, -0.15) is 5.10 Å². The second-order valence-corrected chi connectivity index (χ2v) is 8.21. The SMILES string of the molecule is CC(C)(C)c1ccc2nc(-c3ccc(F)cc3)n(-c3ccc4[nH]ncc4c3)c2n1. The number of aromatic nitrogens is 5. The van der Waals surface area contributed by atoms with Gasteiger partial charge in [-0.05, 0) is 54.6 Å². The standard InChI is InChI=1S/C23H20FN5/c1-23(2,3)20-11-10-19-22(27-20)29(17-8-9-18-15(12-17)13-25-28-18)21(26-19)14-4-6-16(24)7-5-14/h4-13H,1-3H3,(H,25,28). The Hall–Kier alpha value is -3.54. The lowest BCUT2D eigenvalue weighted by Gasteiger charge is -2.18. The highest BCUT2D eigenvalue weighted by molar-refractivity contribution is 5.84. The van der Waals surface area contributed by atoms with Crippen LogP contribution in [0, 0.1) is 5.82 Å². The van der Waals surface area contributed by atoms with E-state index in [1.165, 1.54) is 12.1 Å². The van der Waals surface area contributed by atoms with Crippen molar-refractivity contribution < 1.29 is 4.39 Å². The molecule has 6 heteroatoms. The third kappa shape index (κ3) is 2.97. The molecule has 0 fully saturated rings. The number of nitrogens with zero attached hydrogens (tertiary/aromatic N) is 4. The molecule has 2 aromatic carbocycles. The Bertz CT molecular complexity index is 1340. The number of rotatable bonds is 2. The van der Waals surface area contributed by atoms with E-state index in [4.69, 9.17) is 9.97 Å². The maximum absolute atomic E-state index is 13.5. The van der Waals surface area contributed by atoms with Crippen molar-refractivity contribution in [2.75, 3.05) is 0 Å². The van der Waals surface area contributed by atoms with Crippen molar-refractivity contribution in [2.24, 2.45) is 0 Å². The van der Waals surface area contributed by atoms with Crippen LogP contribution < -0.4 is 0 Å². The first-order chi connectivity index (χ1) is 13.9. The minimum Gasteiger partial charge on any atom is -0.278 e. The minimum absolute atomic E-state index is 0.0894. The molecule has 0 atom stereocenters. The van der Waals surface area contributed by atoms with Gasteiger partial charge in [-0.3, -0.25) is 9.67 Å². The van der Waals surface area contributed by atoms with Crippen LogP contribution in [0.3, 0.4) is 0 Å². The molecule has 0 saturated heterocycles. The molecule has 3 aromatic heterocycles. The molecule has 0 amide bonds. The summed E-state index contributed by atoms with van der Waals surface area (Å²) in [6.07, 6.45) is 1.80. The second kappa shape index (κ2) is 6.24. The summed E-state index contributed by atoms with van der Waals surface area (Å²) >= 11 is 0. The number of aromatic amines is 1. The van der Waals surface area contributed by atoms with Crippen LogP contribution in [0.15, 0.2) is 60.8 Å². The number of H-pyrrole nitrogens is 1. The summed E-state index contributed by atoms with van der Waals surface area (Å²) in [6.45, 7) is 6.42. The van der Waals surface area contributed by atoms with E-state index in [0.717, 1.165) is 44.8 Å². The van der Waals surface area contributed by atoms with Gasteiger partial charge in [-0.25, -0.2) is 14.4 Å². The second-order valence-electron chi connectivity index (χ2n) is 8.21. The first-order valence-corrected chi connectivity index (χ1v) is 9.49. The van der Waals surface area contributed by atoms with Crippen LogP contribution in [-0.2, 0) is 5.41 Å². The smallest absolute Gasteiger partial charge is 0.165 e. The molecule has 29 heavy (non-hydrogen) atoms. The monoisotopic (exact) mass is 385 g/mol. The number of imidazole rings is 1. The van der Waals surface area contributed by atoms with Crippen LogP contribution in [0.2, 0.25) is 0 Å². The largest absolute Gasteiger partial charge is 0.278 e. The summed E-state index contributed by atoms with van der Waals surface area (Å²) in [4.78, 5) is 9.79. The summed E-state index contributed by atoms with van der Waals surface area (Å²) in [5.41, 5.74) is 5.19. The number of fused-ring (bicyclic) bond motifs is 2. The molecule has 0 aliphatic heterocycles. The Kier molecular flexibility index (Phi) is 3.77. The molecule has 144 valence electrons. The van der Waals surface area contributed by atoms with Crippen molar-refractivity contribution in [1.29, 1.82) is 0 Å². The van der Waals surface area contributed by atoms with Crippen LogP contribution in [0.25, 0.3) is 39.1 Å². The van der Waals surface area contributed by atoms with Gasteiger partial charge in [0.1, 0.15) is 17.2 Å². The zero-order valence-corrected chi connectivity index (χ0v) is 16.4. The van der Waals surface area contributed by atoms with Gasteiger partial charge in [-0.1, -0.05) is 20.8 Å². The summed E-state index contributed by atoms with van der Waals surface area (Å²) in [6, 6.07) is 16.5. The molecule has 5 nitrogen and oxygen atoms in total. The molecule has 5 rings (SSSR count). The van der Waals surface area contributed by atoms with Crippen molar-refractivity contribution >= 4 is 22.1 Å². The molecule has 0 radical (unpaired) electrons. The highest BCUT2D eigenvalue weighted by Gasteiger charge is 2.20. The average molecular weight is 385 g/mol. The predicted octanol–water partition coefficient (Wildman–Crippen LogP) is 5.40. The quantitative estimate of drug-likeness (QED) is 0.443. The van der Waals surface area contributed by atoms with Gasteiger partial charge in [0.15, 0.2) is 5.65 Å². The highest BCUT2D eigenvalue weighted by atomic mass is 19.1. The molecule has 5 aromatic rings. The van der Waals surface area contributed by atoms with E-state index < -0.39 is 0 Å². The van der Waals surface area contributed by atoms with Gasteiger partial charge in [0, 0.05) is 27.7 Å². The fourth-order valence-electron chi connectivity index (χ4n) is 3.48. The number of hydrogen-bond acceptors (Lipinski definition) is 3. The molecular formula is C23H20FN5. The third-order valence-electron chi connectivity index (χ3n) is 5.06. The van der Waals surface area contributed by atoms with E-state index in [1.54, 1.807) is 18.3 Å². The number of nitrogens with one attached hydrogen (secondary N) is 1. The van der Waals surface area contributed by atoms with Gasteiger partial charge in [-0.15, -0.1) is 0 Å². The summed E-state index contributed by atoms with van der Waals surface area (Å²) < 4.78 is 15.5. The minimum atomic E-state index is -0.274. The number of pyridine rings is 1. The first kappa shape index (κ1) is 17.6. The van der Waals surface area contributed by atoms with Gasteiger partial charge < -0.3 is 0 Å². The van der Waals surface area contributed by atoms with Gasteiger partial charge in [0.2, 0.25) is 0 Å². The molecule has 1 N–H and O–H groups in total. The van der Waals surface area contributed by atoms with Crippen molar-refractivity contribution in [1.82, 2.24) is 24.7 Å². The van der Waals surface area contributed by atoms with Gasteiger partial charge in [0.25, 0.3) is 0 Å². The number of benzene rings is 2. The van der Waals surface area contributed by atoms with Gasteiger partial charge >= 0.3 is 0 Å². The van der Waals surface area contributed by atoms with E-state index in [-0.39, 0.29) is 11.2 Å². The predicted molar refractivity (Wildman–Crippen MR) is 113 cm³/mol. The maximum Gasteiger partial charge on any atom is 0.165 e. The van der Waals surface area contributed by atoms with Crippen LogP contribution in [0.4, 0.5) is 4.39 Å². The zero-order chi connectivity index (χ0) is 20.2. The molecule has 0 bridgehead atoms. The van der Waals surface area contributed by atoms with E-state index in [1.807, 2.05) is 28.8 Å². The normalized spacial score (nSPS) is 12.1. The lowest BCUT2D eigenvalue weighted by Crippen LogP contribution is -2.13. The summed E-state index contributed by atoms with van der Waals surface area (Å²) in [5, 5.41) is 8.10. The van der Waals surface area contributed by atoms with Crippen LogP contribution in [-0.4, -0.2) is 24.7 Å². The van der Waals surface area contributed by atoms with Crippen molar-refractivity contribution in [2.45, 2.75) is 26.2 Å². The van der Waals surface area contributed by atoms with Crippen LogP contribution in [0.5, 0.6) is 0 Å². The van der Waals surface area contributed by atoms with Crippen molar-refractivity contribution in [3.05, 3.63) is 72.3 Å². The van der Waals surface area contributed by atoms with Crippen molar-refractivity contribution in [3.63, 3.8) is 0 Å². The molecule has 0 saturated carbocycles.